The Morgan fingerprint density at radius 2 is 2.00 bits per heavy atom. The van der Waals surface area contributed by atoms with E-state index in [4.69, 9.17) is 9.52 Å². The van der Waals surface area contributed by atoms with E-state index in [2.05, 4.69) is 36.1 Å². The highest BCUT2D eigenvalue weighted by atomic mass is 16.4. The Labute approximate surface area is 124 Å². The fraction of sp³-hybridized carbons (Fsp3) is 0.353. The Hall–Kier alpha value is -2.07. The van der Waals surface area contributed by atoms with Crippen LogP contribution in [0.1, 0.15) is 46.8 Å². The maximum Gasteiger partial charge on any atom is 0.371 e. The molecule has 1 aromatic carbocycles. The molecule has 2 heterocycles. The fourth-order valence-corrected chi connectivity index (χ4v) is 2.93. The molecule has 2 aromatic rings. The van der Waals surface area contributed by atoms with E-state index in [1.54, 1.807) is 6.07 Å². The molecule has 1 aromatic heterocycles. The van der Waals surface area contributed by atoms with Gasteiger partial charge in [-0.2, -0.15) is 0 Å². The Morgan fingerprint density at radius 1 is 1.24 bits per heavy atom. The van der Waals surface area contributed by atoms with Gasteiger partial charge in [0, 0.05) is 6.54 Å². The highest BCUT2D eigenvalue weighted by molar-refractivity contribution is 5.84. The van der Waals surface area contributed by atoms with Crippen LogP contribution in [0.5, 0.6) is 0 Å². The van der Waals surface area contributed by atoms with E-state index in [-0.39, 0.29) is 11.8 Å². The van der Waals surface area contributed by atoms with Gasteiger partial charge in [0.2, 0.25) is 5.76 Å². The van der Waals surface area contributed by atoms with Crippen molar-refractivity contribution in [2.75, 3.05) is 6.54 Å². The van der Waals surface area contributed by atoms with Gasteiger partial charge < -0.3 is 9.52 Å². The van der Waals surface area contributed by atoms with E-state index in [1.165, 1.54) is 17.2 Å². The first kappa shape index (κ1) is 13.9. The summed E-state index contributed by atoms with van der Waals surface area (Å²) in [7, 11) is 0. The molecule has 110 valence electrons. The molecule has 0 fully saturated rings. The largest absolute Gasteiger partial charge is 0.475 e. The molecule has 0 spiro atoms. The molecule has 4 nitrogen and oxygen atoms in total. The molecule has 0 bridgehead atoms. The highest BCUT2D eigenvalue weighted by Gasteiger charge is 2.23. The second-order valence-corrected chi connectivity index (χ2v) is 5.53. The summed E-state index contributed by atoms with van der Waals surface area (Å²) < 4.78 is 5.45. The third-order valence-corrected chi connectivity index (χ3v) is 4.18. The van der Waals surface area contributed by atoms with Crippen molar-refractivity contribution in [3.63, 3.8) is 0 Å². The number of hydrogen-bond donors (Lipinski definition) is 1. The van der Waals surface area contributed by atoms with Crippen molar-refractivity contribution in [2.24, 2.45) is 0 Å². The lowest BCUT2D eigenvalue weighted by atomic mass is 10.0. The van der Waals surface area contributed by atoms with E-state index < -0.39 is 5.97 Å². The van der Waals surface area contributed by atoms with Crippen LogP contribution >= 0.6 is 0 Å². The summed E-state index contributed by atoms with van der Waals surface area (Å²) in [6.45, 7) is 3.93. The molecule has 21 heavy (non-hydrogen) atoms. The number of furan rings is 1. The van der Waals surface area contributed by atoms with Gasteiger partial charge in [-0.25, -0.2) is 4.79 Å². The monoisotopic (exact) mass is 285 g/mol. The third kappa shape index (κ3) is 2.85. The lowest BCUT2D eigenvalue weighted by Crippen LogP contribution is -2.26. The molecule has 0 amide bonds. The van der Waals surface area contributed by atoms with Crippen LogP contribution in [0.4, 0.5) is 0 Å². The number of carboxylic acid groups (broad SMARTS) is 1. The van der Waals surface area contributed by atoms with Crippen LogP contribution in [0.25, 0.3) is 0 Å². The van der Waals surface area contributed by atoms with Crippen molar-refractivity contribution >= 4 is 5.97 Å². The summed E-state index contributed by atoms with van der Waals surface area (Å²) in [4.78, 5) is 13.3. The number of nitrogens with zero attached hydrogens (tertiary/aromatic N) is 1. The van der Waals surface area contributed by atoms with Crippen LogP contribution in [0.3, 0.4) is 0 Å². The van der Waals surface area contributed by atoms with Gasteiger partial charge in [-0.05, 0) is 49.6 Å². The summed E-state index contributed by atoms with van der Waals surface area (Å²) in [5.41, 5.74) is 2.77. The predicted molar refractivity (Wildman–Crippen MR) is 79.3 cm³/mol. The number of benzene rings is 1. The molecular weight excluding hydrogens is 266 g/mol. The first-order valence-corrected chi connectivity index (χ1v) is 7.29. The van der Waals surface area contributed by atoms with Crippen LogP contribution in [0, 0.1) is 0 Å². The summed E-state index contributed by atoms with van der Waals surface area (Å²) in [6, 6.07) is 11.9. The van der Waals surface area contributed by atoms with Crippen molar-refractivity contribution in [2.45, 2.75) is 32.4 Å². The maximum atomic E-state index is 10.9. The Bertz CT molecular complexity index is 647. The van der Waals surface area contributed by atoms with E-state index in [0.29, 0.717) is 5.76 Å². The molecule has 1 aliphatic rings. The smallest absolute Gasteiger partial charge is 0.371 e. The number of carbonyl (C=O) groups is 1. The van der Waals surface area contributed by atoms with Crippen LogP contribution < -0.4 is 0 Å². The maximum absolute atomic E-state index is 10.9. The number of carboxylic acids is 1. The van der Waals surface area contributed by atoms with Crippen molar-refractivity contribution < 1.29 is 14.3 Å². The Morgan fingerprint density at radius 3 is 2.71 bits per heavy atom. The lowest BCUT2D eigenvalue weighted by Gasteiger charge is -2.26. The van der Waals surface area contributed by atoms with E-state index >= 15 is 0 Å². The third-order valence-electron chi connectivity index (χ3n) is 4.18. The Kier molecular flexibility index (Phi) is 3.80. The molecule has 1 N–H and O–H groups in total. The number of aryl methyl sites for hydroxylation is 1. The van der Waals surface area contributed by atoms with E-state index in [1.807, 2.05) is 0 Å². The second-order valence-electron chi connectivity index (χ2n) is 5.53. The summed E-state index contributed by atoms with van der Waals surface area (Å²) in [5, 5.41) is 8.96. The van der Waals surface area contributed by atoms with Gasteiger partial charge in [0.05, 0.1) is 6.04 Å². The zero-order chi connectivity index (χ0) is 14.8. The average Bonchev–Trinajstić information content (AvgIpc) is 2.87. The van der Waals surface area contributed by atoms with Gasteiger partial charge in [0.25, 0.3) is 0 Å². The van der Waals surface area contributed by atoms with Gasteiger partial charge in [0.15, 0.2) is 0 Å². The number of fused-ring (bicyclic) bond motifs is 1. The minimum atomic E-state index is -1.02. The van der Waals surface area contributed by atoms with Crippen molar-refractivity contribution in [3.05, 3.63) is 59.0 Å². The number of hydrogen-bond acceptors (Lipinski definition) is 3. The number of aromatic carboxylic acids is 1. The summed E-state index contributed by atoms with van der Waals surface area (Å²) in [6.07, 6.45) is 2.20. The predicted octanol–water partition coefficient (Wildman–Crippen LogP) is 3.49. The molecule has 3 rings (SSSR count). The zero-order valence-electron chi connectivity index (χ0n) is 12.1. The van der Waals surface area contributed by atoms with E-state index in [9.17, 15) is 4.79 Å². The lowest BCUT2D eigenvalue weighted by molar-refractivity contribution is 0.0655. The topological polar surface area (TPSA) is 53.7 Å². The zero-order valence-corrected chi connectivity index (χ0v) is 12.1. The van der Waals surface area contributed by atoms with Gasteiger partial charge in [-0.1, -0.05) is 24.3 Å². The molecule has 0 aliphatic carbocycles. The quantitative estimate of drug-likeness (QED) is 0.938. The van der Waals surface area contributed by atoms with Crippen LogP contribution in [0.15, 0.2) is 40.8 Å². The van der Waals surface area contributed by atoms with E-state index in [0.717, 1.165) is 25.9 Å². The van der Waals surface area contributed by atoms with Gasteiger partial charge >= 0.3 is 5.97 Å². The standard InChI is InChI=1S/C17H19NO3/c1-12(15-8-9-16(21-15)17(19)20)18-10-4-7-13-5-2-3-6-14(13)11-18/h2-3,5-6,8-9,12H,4,7,10-11H2,1H3,(H,19,20). The molecule has 0 saturated heterocycles. The van der Waals surface area contributed by atoms with Crippen molar-refractivity contribution in [1.29, 1.82) is 0 Å². The van der Waals surface area contributed by atoms with Crippen molar-refractivity contribution in [1.82, 2.24) is 4.90 Å². The second kappa shape index (κ2) is 5.74. The van der Waals surface area contributed by atoms with Gasteiger partial charge in [-0.15, -0.1) is 0 Å². The Balaban J connectivity index is 1.81. The first-order valence-electron chi connectivity index (χ1n) is 7.29. The minimum Gasteiger partial charge on any atom is -0.475 e. The first-order chi connectivity index (χ1) is 10.1. The number of rotatable bonds is 3. The minimum absolute atomic E-state index is 0.00655. The molecule has 0 radical (unpaired) electrons. The fourth-order valence-electron chi connectivity index (χ4n) is 2.93. The summed E-state index contributed by atoms with van der Waals surface area (Å²) in [5.74, 6) is -0.298. The molecule has 0 saturated carbocycles. The van der Waals surface area contributed by atoms with Crippen molar-refractivity contribution in [3.8, 4) is 0 Å². The molecule has 4 heteroatoms. The normalized spacial score (nSPS) is 17.0. The molecular formula is C17H19NO3. The average molecular weight is 285 g/mol. The summed E-state index contributed by atoms with van der Waals surface area (Å²) >= 11 is 0. The van der Waals surface area contributed by atoms with Crippen LogP contribution in [-0.2, 0) is 13.0 Å². The van der Waals surface area contributed by atoms with Crippen LogP contribution in [-0.4, -0.2) is 22.5 Å². The highest BCUT2D eigenvalue weighted by Crippen LogP contribution is 2.28. The molecule has 1 aliphatic heterocycles. The SMILES string of the molecule is CC(c1ccc(C(=O)O)o1)N1CCCc2ccccc2C1. The van der Waals surface area contributed by atoms with Gasteiger partial charge in [0.1, 0.15) is 5.76 Å². The van der Waals surface area contributed by atoms with Gasteiger partial charge in [-0.3, -0.25) is 4.90 Å². The molecule has 1 unspecified atom stereocenters. The molecule has 1 atom stereocenters. The van der Waals surface area contributed by atoms with Crippen LogP contribution in [0.2, 0.25) is 0 Å².